The first-order valence-corrected chi connectivity index (χ1v) is 5.19. The van der Waals surface area contributed by atoms with Gasteiger partial charge < -0.3 is 4.74 Å². The molecule has 0 saturated carbocycles. The van der Waals surface area contributed by atoms with Crippen LogP contribution in [-0.2, 0) is 5.41 Å². The highest BCUT2D eigenvalue weighted by molar-refractivity contribution is 5.61. The van der Waals surface area contributed by atoms with Crippen molar-refractivity contribution in [2.24, 2.45) is 0 Å². The summed E-state index contributed by atoms with van der Waals surface area (Å²) in [7, 11) is 1.31. The number of nitro benzene ring substituents is 2. The summed E-state index contributed by atoms with van der Waals surface area (Å²) >= 11 is 0. The minimum atomic E-state index is -0.711. The summed E-state index contributed by atoms with van der Waals surface area (Å²) in [5, 5.41) is 22.1. The third-order valence-corrected chi connectivity index (χ3v) is 2.45. The second-order valence-electron chi connectivity index (χ2n) is 4.80. The van der Waals surface area contributed by atoms with Gasteiger partial charge in [-0.3, -0.25) is 20.2 Å². The van der Waals surface area contributed by atoms with Gasteiger partial charge in [-0.25, -0.2) is 0 Å². The first kappa shape index (κ1) is 13.9. The topological polar surface area (TPSA) is 95.5 Å². The summed E-state index contributed by atoms with van der Waals surface area (Å²) in [5.74, 6) is 0.0985. The van der Waals surface area contributed by atoms with E-state index in [1.165, 1.54) is 19.2 Å². The number of nitrogens with zero attached hydrogens (tertiary/aromatic N) is 2. The average molecular weight is 254 g/mol. The minimum absolute atomic E-state index is 0.0956. The molecule has 98 valence electrons. The van der Waals surface area contributed by atoms with Gasteiger partial charge in [0.05, 0.1) is 29.1 Å². The van der Waals surface area contributed by atoms with E-state index in [4.69, 9.17) is 4.74 Å². The Morgan fingerprint density at radius 3 is 1.67 bits per heavy atom. The Morgan fingerprint density at radius 2 is 1.44 bits per heavy atom. The number of methoxy groups -OCH3 is 1. The van der Waals surface area contributed by atoms with Crippen LogP contribution in [0.25, 0.3) is 0 Å². The van der Waals surface area contributed by atoms with Crippen molar-refractivity contribution in [1.82, 2.24) is 0 Å². The summed E-state index contributed by atoms with van der Waals surface area (Å²) in [4.78, 5) is 20.8. The molecule has 0 unspecified atom stereocenters. The maximum absolute atomic E-state index is 11.0. The highest BCUT2D eigenvalue weighted by Crippen LogP contribution is 2.41. The van der Waals surface area contributed by atoms with Crippen LogP contribution >= 0.6 is 0 Å². The largest absolute Gasteiger partial charge is 0.496 e. The smallest absolute Gasteiger partial charge is 0.283 e. The molecule has 7 heteroatoms. The van der Waals surface area contributed by atoms with Crippen molar-refractivity contribution in [3.8, 4) is 5.75 Å². The Kier molecular flexibility index (Phi) is 3.54. The van der Waals surface area contributed by atoms with Gasteiger partial charge >= 0.3 is 0 Å². The summed E-state index contributed by atoms with van der Waals surface area (Å²) in [6.45, 7) is 5.07. The molecule has 0 aliphatic heterocycles. The number of rotatable bonds is 3. The standard InChI is InChI=1S/C11H14N2O5/c1-11(2,3)10-8(12(14)15)5-7(18-4)6-9(10)13(16)17/h5-6H,1-4H3. The third kappa shape index (κ3) is 2.55. The first-order valence-electron chi connectivity index (χ1n) is 5.19. The van der Waals surface area contributed by atoms with Crippen LogP contribution in [0.2, 0.25) is 0 Å². The number of benzene rings is 1. The Labute approximate surface area is 104 Å². The van der Waals surface area contributed by atoms with E-state index in [-0.39, 0.29) is 22.7 Å². The van der Waals surface area contributed by atoms with E-state index in [2.05, 4.69) is 0 Å². The lowest BCUT2D eigenvalue weighted by atomic mass is 9.84. The van der Waals surface area contributed by atoms with E-state index in [1.54, 1.807) is 20.8 Å². The van der Waals surface area contributed by atoms with Gasteiger partial charge in [0.2, 0.25) is 0 Å². The van der Waals surface area contributed by atoms with Crippen LogP contribution in [0.15, 0.2) is 12.1 Å². The molecule has 1 aromatic carbocycles. The molecular weight excluding hydrogens is 240 g/mol. The lowest BCUT2D eigenvalue weighted by Gasteiger charge is -2.19. The fourth-order valence-corrected chi connectivity index (χ4v) is 1.76. The van der Waals surface area contributed by atoms with Crippen molar-refractivity contribution in [3.63, 3.8) is 0 Å². The van der Waals surface area contributed by atoms with Crippen LogP contribution < -0.4 is 4.74 Å². The van der Waals surface area contributed by atoms with Gasteiger partial charge in [-0.05, 0) is 0 Å². The van der Waals surface area contributed by atoms with Crippen molar-refractivity contribution in [1.29, 1.82) is 0 Å². The molecule has 0 atom stereocenters. The van der Waals surface area contributed by atoms with Crippen LogP contribution in [-0.4, -0.2) is 17.0 Å². The van der Waals surface area contributed by atoms with E-state index in [0.29, 0.717) is 0 Å². The molecule has 0 fully saturated rings. The molecule has 0 N–H and O–H groups in total. The highest BCUT2D eigenvalue weighted by atomic mass is 16.6. The Hall–Kier alpha value is -2.18. The molecule has 0 radical (unpaired) electrons. The summed E-state index contributed by atoms with van der Waals surface area (Å²) < 4.78 is 4.85. The molecular formula is C11H14N2O5. The second kappa shape index (κ2) is 4.59. The molecule has 0 bridgehead atoms. The molecule has 0 aliphatic rings. The SMILES string of the molecule is COc1cc([N+](=O)[O-])c(C(C)(C)C)c([N+](=O)[O-])c1. The molecule has 0 saturated heterocycles. The minimum Gasteiger partial charge on any atom is -0.496 e. The van der Waals surface area contributed by atoms with Crippen LogP contribution in [0, 0.1) is 20.2 Å². The fourth-order valence-electron chi connectivity index (χ4n) is 1.76. The number of hydrogen-bond acceptors (Lipinski definition) is 5. The molecule has 7 nitrogen and oxygen atoms in total. The van der Waals surface area contributed by atoms with E-state index in [9.17, 15) is 20.2 Å². The lowest BCUT2D eigenvalue weighted by Crippen LogP contribution is -2.16. The van der Waals surface area contributed by atoms with Gasteiger partial charge in [0.25, 0.3) is 11.4 Å². The Morgan fingerprint density at radius 1 is 1.06 bits per heavy atom. The van der Waals surface area contributed by atoms with Crippen LogP contribution in [0.4, 0.5) is 11.4 Å². The zero-order chi connectivity index (χ0) is 14.1. The van der Waals surface area contributed by atoms with Gasteiger partial charge in [0.1, 0.15) is 11.3 Å². The molecule has 1 rings (SSSR count). The van der Waals surface area contributed by atoms with Crippen molar-refractivity contribution in [2.75, 3.05) is 7.11 Å². The van der Waals surface area contributed by atoms with Gasteiger partial charge in [-0.15, -0.1) is 0 Å². The number of ether oxygens (including phenoxy) is 1. The maximum atomic E-state index is 11.0. The van der Waals surface area contributed by atoms with Crippen LogP contribution in [0.1, 0.15) is 26.3 Å². The van der Waals surface area contributed by atoms with Gasteiger partial charge in [0, 0.05) is 5.41 Å². The number of hydrogen-bond donors (Lipinski definition) is 0. The molecule has 1 aromatic rings. The van der Waals surface area contributed by atoms with Crippen LogP contribution in [0.3, 0.4) is 0 Å². The predicted octanol–water partition coefficient (Wildman–Crippen LogP) is 2.81. The molecule has 0 aliphatic carbocycles. The zero-order valence-electron chi connectivity index (χ0n) is 10.6. The summed E-state index contributed by atoms with van der Waals surface area (Å²) in [6, 6.07) is 2.40. The second-order valence-corrected chi connectivity index (χ2v) is 4.80. The monoisotopic (exact) mass is 254 g/mol. The zero-order valence-corrected chi connectivity index (χ0v) is 10.6. The normalized spacial score (nSPS) is 11.1. The molecule has 0 spiro atoms. The molecule has 0 amide bonds. The van der Waals surface area contributed by atoms with Gasteiger partial charge in [0.15, 0.2) is 0 Å². The van der Waals surface area contributed by atoms with E-state index >= 15 is 0 Å². The molecule has 18 heavy (non-hydrogen) atoms. The van der Waals surface area contributed by atoms with Gasteiger partial charge in [-0.2, -0.15) is 0 Å². The van der Waals surface area contributed by atoms with Crippen molar-refractivity contribution in [2.45, 2.75) is 26.2 Å². The summed E-state index contributed by atoms with van der Waals surface area (Å²) in [6.07, 6.45) is 0. The molecule has 0 heterocycles. The van der Waals surface area contributed by atoms with Crippen molar-refractivity contribution >= 4 is 11.4 Å². The van der Waals surface area contributed by atoms with E-state index < -0.39 is 15.3 Å². The Balaban J connectivity index is 3.72. The van der Waals surface area contributed by atoms with E-state index in [1.807, 2.05) is 0 Å². The third-order valence-electron chi connectivity index (χ3n) is 2.45. The lowest BCUT2D eigenvalue weighted by molar-refractivity contribution is -0.396. The van der Waals surface area contributed by atoms with E-state index in [0.717, 1.165) is 0 Å². The van der Waals surface area contributed by atoms with Crippen molar-refractivity contribution in [3.05, 3.63) is 37.9 Å². The first-order chi connectivity index (χ1) is 8.18. The van der Waals surface area contributed by atoms with Crippen molar-refractivity contribution < 1.29 is 14.6 Å². The Bertz CT molecular complexity index is 470. The maximum Gasteiger partial charge on any atom is 0.283 e. The quantitative estimate of drug-likeness (QED) is 0.610. The fraction of sp³-hybridized carbons (Fsp3) is 0.455. The number of nitro groups is 2. The summed E-state index contributed by atoms with van der Waals surface area (Å²) in [5.41, 5.74) is -1.21. The van der Waals surface area contributed by atoms with Gasteiger partial charge in [-0.1, -0.05) is 20.8 Å². The highest BCUT2D eigenvalue weighted by Gasteiger charge is 2.35. The molecule has 0 aromatic heterocycles. The average Bonchev–Trinajstić information content (AvgIpc) is 2.25. The predicted molar refractivity (Wildman–Crippen MR) is 65.0 cm³/mol. The van der Waals surface area contributed by atoms with Crippen LogP contribution in [0.5, 0.6) is 5.75 Å².